The summed E-state index contributed by atoms with van der Waals surface area (Å²) in [6, 6.07) is 0. The van der Waals surface area contributed by atoms with Crippen molar-refractivity contribution in [3.8, 4) is 0 Å². The molecule has 0 aliphatic heterocycles. The van der Waals surface area contributed by atoms with Crippen molar-refractivity contribution in [1.29, 1.82) is 0 Å². The number of allylic oxidation sites excluding steroid dienone is 1. The zero-order chi connectivity index (χ0) is 11.4. The van der Waals surface area contributed by atoms with E-state index in [0.29, 0.717) is 0 Å². The minimum atomic E-state index is -3.76. The zero-order valence-corrected chi connectivity index (χ0v) is 9.33. The molecule has 0 aromatic rings. The molecule has 14 heavy (non-hydrogen) atoms. The van der Waals surface area contributed by atoms with Gasteiger partial charge >= 0.3 is 13.6 Å². The van der Waals surface area contributed by atoms with Crippen LogP contribution in [0, 0.1) is 0 Å². The number of hydrogen-bond acceptors (Lipinski definition) is 5. The van der Waals surface area contributed by atoms with E-state index in [4.69, 9.17) is 9.84 Å². The molecule has 0 rings (SSSR count). The van der Waals surface area contributed by atoms with Crippen LogP contribution in [-0.4, -0.2) is 32.4 Å². The Morgan fingerprint density at radius 1 is 1.21 bits per heavy atom. The molecule has 82 valence electrons. The van der Waals surface area contributed by atoms with Crippen LogP contribution in [0.4, 0.5) is 0 Å². The Hall–Kier alpha value is -0.840. The Kier molecular flexibility index (Phi) is 4.83. The molecule has 0 fully saturated rings. The molecule has 0 aromatic heterocycles. The van der Waals surface area contributed by atoms with Crippen LogP contribution in [0.2, 0.25) is 0 Å². The van der Waals surface area contributed by atoms with E-state index in [9.17, 15) is 9.36 Å². The highest BCUT2D eigenvalue weighted by atomic mass is 31.2. The van der Waals surface area contributed by atoms with Gasteiger partial charge in [-0.1, -0.05) is 0 Å². The molecule has 0 bridgehead atoms. The van der Waals surface area contributed by atoms with Crippen LogP contribution in [-0.2, 0) is 23.1 Å². The Bertz CT molecular complexity index is 287. The van der Waals surface area contributed by atoms with E-state index in [1.165, 1.54) is 14.0 Å². The number of carboxylic acids is 1. The maximum absolute atomic E-state index is 11.7. The summed E-state index contributed by atoms with van der Waals surface area (Å²) in [5.74, 6) is -1.40. The maximum atomic E-state index is 11.7. The van der Waals surface area contributed by atoms with Crippen molar-refractivity contribution in [1.82, 2.24) is 0 Å². The molecular weight excluding hydrogens is 211 g/mol. The molecule has 0 radical (unpaired) electrons. The minimum absolute atomic E-state index is 0.00969. The van der Waals surface area contributed by atoms with Gasteiger partial charge in [0, 0.05) is 14.2 Å². The summed E-state index contributed by atoms with van der Waals surface area (Å²) in [7, 11) is -0.279. The Morgan fingerprint density at radius 3 is 1.86 bits per heavy atom. The van der Waals surface area contributed by atoms with Crippen LogP contribution in [0.15, 0.2) is 11.1 Å². The molecule has 0 aliphatic rings. The van der Waals surface area contributed by atoms with E-state index >= 15 is 0 Å². The SMILES string of the molecule is COC(C)=C(C(=O)O)P(=O)(OC)OC. The van der Waals surface area contributed by atoms with Crippen molar-refractivity contribution in [3.63, 3.8) is 0 Å². The van der Waals surface area contributed by atoms with Crippen molar-refractivity contribution in [3.05, 3.63) is 11.1 Å². The molecule has 0 heterocycles. The van der Waals surface area contributed by atoms with Gasteiger partial charge in [-0.25, -0.2) is 4.79 Å². The van der Waals surface area contributed by atoms with E-state index in [2.05, 4.69) is 9.05 Å². The van der Waals surface area contributed by atoms with Crippen LogP contribution in [0.25, 0.3) is 0 Å². The Labute approximate surface area is 82.0 Å². The number of hydrogen-bond donors (Lipinski definition) is 1. The van der Waals surface area contributed by atoms with E-state index in [1.807, 2.05) is 0 Å². The fourth-order valence-corrected chi connectivity index (χ4v) is 2.04. The third kappa shape index (κ3) is 2.57. The first-order valence-electron chi connectivity index (χ1n) is 3.63. The normalized spacial score (nSPS) is 13.4. The maximum Gasteiger partial charge on any atom is 0.371 e. The highest BCUT2D eigenvalue weighted by molar-refractivity contribution is 7.59. The summed E-state index contributed by atoms with van der Waals surface area (Å²) in [6.07, 6.45) is 0. The number of rotatable bonds is 5. The van der Waals surface area contributed by atoms with E-state index < -0.39 is 18.9 Å². The highest BCUT2D eigenvalue weighted by Gasteiger charge is 2.36. The molecule has 0 saturated carbocycles. The van der Waals surface area contributed by atoms with E-state index in [-0.39, 0.29) is 5.76 Å². The van der Waals surface area contributed by atoms with Gasteiger partial charge in [0.05, 0.1) is 7.11 Å². The Morgan fingerprint density at radius 2 is 1.64 bits per heavy atom. The largest absolute Gasteiger partial charge is 0.500 e. The quantitative estimate of drug-likeness (QED) is 0.432. The summed E-state index contributed by atoms with van der Waals surface area (Å²) in [4.78, 5) is 10.8. The van der Waals surface area contributed by atoms with Crippen LogP contribution < -0.4 is 0 Å². The number of carboxylic acid groups (broad SMARTS) is 1. The molecule has 0 unspecified atom stereocenters. The summed E-state index contributed by atoms with van der Waals surface area (Å²) in [5.41, 5.74) is 0. The number of ether oxygens (including phenoxy) is 1. The van der Waals surface area contributed by atoms with Gasteiger partial charge in [0.25, 0.3) is 0 Å². The lowest BCUT2D eigenvalue weighted by atomic mass is 10.5. The second kappa shape index (κ2) is 5.14. The third-order valence-corrected chi connectivity index (χ3v) is 3.61. The monoisotopic (exact) mass is 224 g/mol. The van der Waals surface area contributed by atoms with Crippen LogP contribution in [0.5, 0.6) is 0 Å². The van der Waals surface area contributed by atoms with Gasteiger partial charge in [-0.3, -0.25) is 4.57 Å². The second-order valence-electron chi connectivity index (χ2n) is 2.28. The molecule has 0 amide bonds. The third-order valence-electron chi connectivity index (χ3n) is 1.60. The molecule has 0 atom stereocenters. The molecule has 0 saturated heterocycles. The predicted molar refractivity (Wildman–Crippen MR) is 49.0 cm³/mol. The first kappa shape index (κ1) is 13.2. The van der Waals surface area contributed by atoms with Crippen LogP contribution >= 0.6 is 7.60 Å². The van der Waals surface area contributed by atoms with Gasteiger partial charge in [-0.05, 0) is 6.92 Å². The molecular formula is C7H13O6P. The van der Waals surface area contributed by atoms with Crippen molar-refractivity contribution in [2.24, 2.45) is 0 Å². The lowest BCUT2D eigenvalue weighted by Gasteiger charge is -2.15. The smallest absolute Gasteiger partial charge is 0.371 e. The zero-order valence-electron chi connectivity index (χ0n) is 8.44. The molecule has 0 spiro atoms. The van der Waals surface area contributed by atoms with E-state index in [1.54, 1.807) is 0 Å². The van der Waals surface area contributed by atoms with Gasteiger partial charge in [-0.15, -0.1) is 0 Å². The predicted octanol–water partition coefficient (Wildman–Crippen LogP) is 1.43. The van der Waals surface area contributed by atoms with Gasteiger partial charge < -0.3 is 18.9 Å². The van der Waals surface area contributed by atoms with Crippen LogP contribution in [0.3, 0.4) is 0 Å². The van der Waals surface area contributed by atoms with Crippen molar-refractivity contribution in [2.75, 3.05) is 21.3 Å². The van der Waals surface area contributed by atoms with Crippen molar-refractivity contribution in [2.45, 2.75) is 6.92 Å². The van der Waals surface area contributed by atoms with Crippen molar-refractivity contribution >= 4 is 13.6 Å². The van der Waals surface area contributed by atoms with Gasteiger partial charge in [0.2, 0.25) is 0 Å². The number of carbonyl (C=O) groups is 1. The van der Waals surface area contributed by atoms with Crippen LogP contribution in [0.1, 0.15) is 6.92 Å². The van der Waals surface area contributed by atoms with Gasteiger partial charge in [-0.2, -0.15) is 0 Å². The average Bonchev–Trinajstić information content (AvgIpc) is 2.16. The second-order valence-corrected chi connectivity index (χ2v) is 4.45. The lowest BCUT2D eigenvalue weighted by molar-refractivity contribution is -0.132. The average molecular weight is 224 g/mol. The first-order chi connectivity index (χ1) is 6.42. The van der Waals surface area contributed by atoms with Gasteiger partial charge in [0.15, 0.2) is 5.31 Å². The summed E-state index contributed by atoms with van der Waals surface area (Å²) in [6.45, 7) is 1.37. The lowest BCUT2D eigenvalue weighted by Crippen LogP contribution is -2.07. The van der Waals surface area contributed by atoms with Crippen molar-refractivity contribution < 1.29 is 28.3 Å². The highest BCUT2D eigenvalue weighted by Crippen LogP contribution is 2.55. The fraction of sp³-hybridized carbons (Fsp3) is 0.571. The molecule has 6 nitrogen and oxygen atoms in total. The topological polar surface area (TPSA) is 82.1 Å². The van der Waals surface area contributed by atoms with E-state index in [0.717, 1.165) is 14.2 Å². The molecule has 0 aromatic carbocycles. The minimum Gasteiger partial charge on any atom is -0.500 e. The number of methoxy groups -OCH3 is 1. The number of aliphatic carboxylic acids is 1. The Balaban J connectivity index is 5.44. The first-order valence-corrected chi connectivity index (χ1v) is 5.17. The van der Waals surface area contributed by atoms with Gasteiger partial charge in [0.1, 0.15) is 5.76 Å². The summed E-state index contributed by atoms with van der Waals surface area (Å²) >= 11 is 0. The molecule has 7 heteroatoms. The summed E-state index contributed by atoms with van der Waals surface area (Å²) < 4.78 is 25.5. The standard InChI is InChI=1S/C7H13O6P/c1-5(11-2)6(7(8)9)14(10,12-3)13-4/h1-4H3,(H,8,9). The molecule has 0 aliphatic carbocycles. The fourth-order valence-electron chi connectivity index (χ4n) is 0.814. The summed E-state index contributed by atoms with van der Waals surface area (Å²) in [5, 5.41) is 8.31. The molecule has 1 N–H and O–H groups in total.